The number of Topliss-reactive ketones (excluding diaryl/α,β-unsaturated/α-hetero) is 1. The first-order valence-electron chi connectivity index (χ1n) is 8.15. The minimum atomic E-state index is 0.0579. The van der Waals surface area contributed by atoms with Crippen molar-refractivity contribution >= 4 is 16.7 Å². The number of carbonyl (C=O) groups is 1. The highest BCUT2D eigenvalue weighted by atomic mass is 16.1. The Kier molecular flexibility index (Phi) is 2.25. The Morgan fingerprint density at radius 1 is 1.23 bits per heavy atom. The van der Waals surface area contributed by atoms with Gasteiger partial charge in [0.2, 0.25) is 0 Å². The van der Waals surface area contributed by atoms with Crippen molar-refractivity contribution in [2.75, 3.05) is 0 Å². The zero-order chi connectivity index (χ0) is 15.2. The number of aryl methyl sites for hydroxylation is 1. The predicted octanol–water partition coefficient (Wildman–Crippen LogP) is 2.99. The molecule has 4 bridgehead atoms. The third-order valence-corrected chi connectivity index (χ3v) is 6.26. The van der Waals surface area contributed by atoms with Gasteiger partial charge >= 0.3 is 0 Å². The summed E-state index contributed by atoms with van der Waals surface area (Å²) in [5, 5.41) is 1.33. The molecule has 3 fully saturated rings. The SMILES string of the molecule is C=C1[C@@H]2C[C@H]3c4c(c5ccccc5n4C)C[C@@H](C2=O)N3[C@@H]1C. The zero-order valence-corrected chi connectivity index (χ0v) is 13.0. The van der Waals surface area contributed by atoms with Crippen molar-refractivity contribution in [1.82, 2.24) is 9.47 Å². The van der Waals surface area contributed by atoms with E-state index in [1.165, 1.54) is 22.2 Å². The quantitative estimate of drug-likeness (QED) is 0.697. The number of piperidine rings is 3. The highest BCUT2D eigenvalue weighted by Crippen LogP contribution is 2.52. The van der Waals surface area contributed by atoms with Gasteiger partial charge in [0.15, 0.2) is 5.78 Å². The van der Waals surface area contributed by atoms with Crippen LogP contribution in [0.1, 0.15) is 30.6 Å². The summed E-state index contributed by atoms with van der Waals surface area (Å²) >= 11 is 0. The van der Waals surface area contributed by atoms with E-state index in [-0.39, 0.29) is 12.0 Å². The van der Waals surface area contributed by atoms with E-state index in [0.717, 1.165) is 18.4 Å². The van der Waals surface area contributed by atoms with E-state index in [2.05, 4.69) is 54.3 Å². The van der Waals surface area contributed by atoms with E-state index in [0.29, 0.717) is 17.9 Å². The van der Waals surface area contributed by atoms with Gasteiger partial charge < -0.3 is 4.57 Å². The molecule has 1 aromatic heterocycles. The molecule has 1 unspecified atom stereocenters. The van der Waals surface area contributed by atoms with Gasteiger partial charge in [0.05, 0.1) is 12.1 Å². The van der Waals surface area contributed by atoms with Gasteiger partial charge in [-0.1, -0.05) is 24.8 Å². The average molecular weight is 292 g/mol. The van der Waals surface area contributed by atoms with Crippen molar-refractivity contribution in [3.63, 3.8) is 0 Å². The molecule has 3 nitrogen and oxygen atoms in total. The molecule has 0 aliphatic carbocycles. The summed E-state index contributed by atoms with van der Waals surface area (Å²) in [4.78, 5) is 15.2. The van der Waals surface area contributed by atoms with Crippen molar-refractivity contribution in [2.45, 2.75) is 37.9 Å². The molecule has 6 rings (SSSR count). The van der Waals surface area contributed by atoms with Crippen molar-refractivity contribution in [2.24, 2.45) is 13.0 Å². The first-order valence-corrected chi connectivity index (χ1v) is 8.15. The van der Waals surface area contributed by atoms with E-state index in [1.54, 1.807) is 0 Å². The fourth-order valence-electron chi connectivity index (χ4n) is 5.20. The lowest BCUT2D eigenvalue weighted by atomic mass is 9.67. The second-order valence-electron chi connectivity index (χ2n) is 7.06. The van der Waals surface area contributed by atoms with E-state index in [4.69, 9.17) is 0 Å². The smallest absolute Gasteiger partial charge is 0.157 e. The molecule has 0 spiro atoms. The van der Waals surface area contributed by atoms with Gasteiger partial charge in [-0.25, -0.2) is 0 Å². The van der Waals surface area contributed by atoms with Crippen LogP contribution in [0.3, 0.4) is 0 Å². The van der Waals surface area contributed by atoms with Crippen LogP contribution in [0.4, 0.5) is 0 Å². The van der Waals surface area contributed by atoms with E-state index >= 15 is 0 Å². The number of para-hydroxylation sites is 1. The number of hydrogen-bond donors (Lipinski definition) is 0. The molecule has 1 aromatic carbocycles. The van der Waals surface area contributed by atoms with E-state index in [9.17, 15) is 4.79 Å². The van der Waals surface area contributed by atoms with Gasteiger partial charge in [0.25, 0.3) is 0 Å². The summed E-state index contributed by atoms with van der Waals surface area (Å²) in [5.74, 6) is 0.471. The van der Waals surface area contributed by atoms with Gasteiger partial charge in [-0.05, 0) is 37.0 Å². The molecule has 22 heavy (non-hydrogen) atoms. The maximum Gasteiger partial charge on any atom is 0.157 e. The van der Waals surface area contributed by atoms with Crippen LogP contribution in [-0.4, -0.2) is 27.3 Å². The first kappa shape index (κ1) is 12.7. The molecule has 5 heterocycles. The third-order valence-electron chi connectivity index (χ3n) is 6.26. The number of carbonyl (C=O) groups excluding carboxylic acids is 1. The molecular formula is C19H20N2O. The first-order chi connectivity index (χ1) is 10.6. The topological polar surface area (TPSA) is 25.2 Å². The molecule has 0 N–H and O–H groups in total. The highest BCUT2D eigenvalue weighted by molar-refractivity contribution is 5.94. The normalized spacial score (nSPS) is 36.0. The molecular weight excluding hydrogens is 272 g/mol. The Hall–Kier alpha value is -1.87. The summed E-state index contributed by atoms with van der Waals surface area (Å²) < 4.78 is 2.35. The number of hydrogen-bond acceptors (Lipinski definition) is 2. The molecule has 0 amide bonds. The molecule has 5 atom stereocenters. The van der Waals surface area contributed by atoms with Crippen LogP contribution in [0.25, 0.3) is 10.9 Å². The number of aromatic nitrogens is 1. The molecule has 112 valence electrons. The van der Waals surface area contributed by atoms with Crippen LogP contribution in [0.5, 0.6) is 0 Å². The molecule has 2 aromatic rings. The molecule has 3 heteroatoms. The van der Waals surface area contributed by atoms with Gasteiger partial charge in [-0.15, -0.1) is 0 Å². The van der Waals surface area contributed by atoms with Crippen molar-refractivity contribution < 1.29 is 4.79 Å². The summed E-state index contributed by atoms with van der Waals surface area (Å²) in [6.45, 7) is 6.42. The van der Waals surface area contributed by atoms with Crippen molar-refractivity contribution in [3.05, 3.63) is 47.7 Å². The Morgan fingerprint density at radius 2 is 2.00 bits per heavy atom. The molecule has 4 aliphatic heterocycles. The van der Waals surface area contributed by atoms with E-state index < -0.39 is 0 Å². The van der Waals surface area contributed by atoms with Crippen LogP contribution in [0.2, 0.25) is 0 Å². The summed E-state index contributed by atoms with van der Waals surface area (Å²) in [7, 11) is 2.17. The lowest BCUT2D eigenvalue weighted by Crippen LogP contribution is -2.64. The summed E-state index contributed by atoms with van der Waals surface area (Å²) in [6.07, 6.45) is 1.77. The number of benzene rings is 1. The standard InChI is InChI=1S/C19H20N2O/c1-10-11(2)21-16-8-13(10)19(22)17(21)9-14-12-6-4-5-7-15(12)20(3)18(14)16/h4-7,11,13,16-17H,1,8-9H2,2-3H3/t11-,13+,16+,17+/m1/s1. The van der Waals surface area contributed by atoms with Crippen LogP contribution in [0.15, 0.2) is 36.4 Å². The van der Waals surface area contributed by atoms with Crippen LogP contribution >= 0.6 is 0 Å². The minimum Gasteiger partial charge on any atom is -0.346 e. The Balaban J connectivity index is 1.80. The lowest BCUT2D eigenvalue weighted by Gasteiger charge is -2.56. The number of rotatable bonds is 0. The predicted molar refractivity (Wildman–Crippen MR) is 86.7 cm³/mol. The van der Waals surface area contributed by atoms with Gasteiger partial charge in [0, 0.05) is 35.6 Å². The monoisotopic (exact) mass is 292 g/mol. The number of ketones is 1. The molecule has 4 aliphatic rings. The minimum absolute atomic E-state index is 0.0579. The maximum atomic E-state index is 12.8. The zero-order valence-electron chi connectivity index (χ0n) is 13.0. The molecule has 0 radical (unpaired) electrons. The largest absolute Gasteiger partial charge is 0.346 e. The Labute approximate surface area is 130 Å². The Bertz CT molecular complexity index is 846. The second kappa shape index (κ2) is 3.90. The van der Waals surface area contributed by atoms with Gasteiger partial charge in [-0.3, -0.25) is 9.69 Å². The average Bonchev–Trinajstić information content (AvgIpc) is 2.81. The van der Waals surface area contributed by atoms with Crippen molar-refractivity contribution in [3.8, 4) is 0 Å². The van der Waals surface area contributed by atoms with Crippen LogP contribution in [-0.2, 0) is 18.3 Å². The van der Waals surface area contributed by atoms with E-state index in [1.807, 2.05) is 0 Å². The highest BCUT2D eigenvalue weighted by Gasteiger charge is 2.55. The third kappa shape index (κ3) is 1.25. The number of fused-ring (bicyclic) bond motifs is 4. The van der Waals surface area contributed by atoms with Crippen LogP contribution < -0.4 is 0 Å². The lowest BCUT2D eigenvalue weighted by molar-refractivity contribution is -0.141. The fraction of sp³-hybridized carbons (Fsp3) is 0.421. The fourth-order valence-corrected chi connectivity index (χ4v) is 5.20. The molecule has 0 saturated carbocycles. The van der Waals surface area contributed by atoms with Gasteiger partial charge in [0.1, 0.15) is 0 Å². The second-order valence-corrected chi connectivity index (χ2v) is 7.06. The maximum absolute atomic E-state index is 12.8. The van der Waals surface area contributed by atoms with Crippen LogP contribution in [0, 0.1) is 5.92 Å². The summed E-state index contributed by atoms with van der Waals surface area (Å²) in [5.41, 5.74) is 5.24. The summed E-state index contributed by atoms with van der Waals surface area (Å²) in [6, 6.07) is 9.34. The van der Waals surface area contributed by atoms with Gasteiger partial charge in [-0.2, -0.15) is 0 Å². The molecule has 3 saturated heterocycles. The van der Waals surface area contributed by atoms with Crippen molar-refractivity contribution in [1.29, 1.82) is 0 Å². The number of nitrogens with zero attached hydrogens (tertiary/aromatic N) is 2. The Morgan fingerprint density at radius 3 is 2.82 bits per heavy atom.